The number of imidazole rings is 1. The predicted molar refractivity (Wildman–Crippen MR) is 121 cm³/mol. The van der Waals surface area contributed by atoms with E-state index in [0.717, 1.165) is 24.4 Å². The fraction of sp³-hybridized carbons (Fsp3) is 0.333. The van der Waals surface area contributed by atoms with Crippen LogP contribution in [0.1, 0.15) is 60.5 Å². The number of hydrogen-bond donors (Lipinski definition) is 0. The number of nitrogens with zero attached hydrogens (tertiary/aromatic N) is 3. The van der Waals surface area contributed by atoms with Gasteiger partial charge in [0.1, 0.15) is 11.9 Å². The number of aromatic nitrogens is 2. The number of fused-ring (bicyclic) bond motifs is 1. The molecule has 1 aromatic heterocycles. The van der Waals surface area contributed by atoms with E-state index in [1.165, 1.54) is 5.56 Å². The van der Waals surface area contributed by atoms with Crippen molar-refractivity contribution in [2.45, 2.75) is 45.2 Å². The molecule has 1 unspecified atom stereocenters. The lowest BCUT2D eigenvalue weighted by atomic mass is 9.86. The average Bonchev–Trinajstić information content (AvgIpc) is 3.07. The molecule has 4 nitrogen and oxygen atoms in total. The van der Waals surface area contributed by atoms with Gasteiger partial charge in [-0.05, 0) is 41.2 Å². The molecule has 0 spiro atoms. The Morgan fingerprint density at radius 3 is 2.47 bits per heavy atom. The highest BCUT2D eigenvalue weighted by molar-refractivity contribution is 6.36. The zero-order chi connectivity index (χ0) is 21.5. The first kappa shape index (κ1) is 21.0. The van der Waals surface area contributed by atoms with Crippen LogP contribution in [-0.4, -0.2) is 26.9 Å². The smallest absolute Gasteiger partial charge is 0.256 e. The van der Waals surface area contributed by atoms with Crippen molar-refractivity contribution in [2.24, 2.45) is 0 Å². The van der Waals surface area contributed by atoms with Crippen molar-refractivity contribution >= 4 is 29.1 Å². The lowest BCUT2D eigenvalue weighted by molar-refractivity contribution is 0.0707. The minimum atomic E-state index is -0.282. The molecule has 1 aliphatic heterocycles. The molecule has 0 saturated heterocycles. The van der Waals surface area contributed by atoms with Crippen LogP contribution >= 0.6 is 23.2 Å². The summed E-state index contributed by atoms with van der Waals surface area (Å²) in [5.74, 6) is 0.757. The van der Waals surface area contributed by atoms with E-state index in [0.29, 0.717) is 22.2 Å². The number of aryl methyl sites for hydroxylation is 1. The Morgan fingerprint density at radius 1 is 1.07 bits per heavy atom. The molecule has 0 N–H and O–H groups in total. The zero-order valence-electron chi connectivity index (χ0n) is 17.4. The van der Waals surface area contributed by atoms with Gasteiger partial charge in [-0.1, -0.05) is 68.2 Å². The fourth-order valence-corrected chi connectivity index (χ4v) is 4.46. The number of hydrogen-bond acceptors (Lipinski definition) is 2. The normalized spacial score (nSPS) is 16.8. The van der Waals surface area contributed by atoms with Crippen molar-refractivity contribution in [1.29, 1.82) is 0 Å². The minimum Gasteiger partial charge on any atom is -0.333 e. The van der Waals surface area contributed by atoms with Crippen molar-refractivity contribution in [1.82, 2.24) is 14.5 Å². The number of benzene rings is 2. The van der Waals surface area contributed by atoms with Gasteiger partial charge in [-0.15, -0.1) is 0 Å². The van der Waals surface area contributed by atoms with Crippen LogP contribution < -0.4 is 0 Å². The monoisotopic (exact) mass is 441 g/mol. The maximum atomic E-state index is 13.6. The van der Waals surface area contributed by atoms with Gasteiger partial charge in [0.15, 0.2) is 0 Å². The van der Waals surface area contributed by atoms with E-state index < -0.39 is 0 Å². The SMILES string of the molecule is CC(C)(C)c1ccc(C2c3nccn3CCCN2C(=O)c2ccc(Cl)cc2Cl)cc1. The van der Waals surface area contributed by atoms with Crippen molar-refractivity contribution in [2.75, 3.05) is 6.54 Å². The first-order chi connectivity index (χ1) is 14.3. The van der Waals surface area contributed by atoms with Crippen molar-refractivity contribution in [3.05, 3.63) is 87.4 Å². The number of carbonyl (C=O) groups is 1. The number of halogens is 2. The standard InChI is InChI=1S/C24H25Cl2N3O/c1-24(2,3)17-7-5-16(6-8-17)21-22-27-11-14-28(22)12-4-13-29(21)23(30)19-10-9-18(25)15-20(19)26/h5-11,14-15,21H,4,12-13H2,1-3H3. The first-order valence-corrected chi connectivity index (χ1v) is 10.9. The van der Waals surface area contributed by atoms with Gasteiger partial charge in [0.05, 0.1) is 10.6 Å². The van der Waals surface area contributed by atoms with Crippen LogP contribution in [0.2, 0.25) is 10.0 Å². The Kier molecular flexibility index (Phi) is 5.65. The van der Waals surface area contributed by atoms with Crippen LogP contribution in [0.3, 0.4) is 0 Å². The van der Waals surface area contributed by atoms with Gasteiger partial charge in [0, 0.05) is 30.5 Å². The second kappa shape index (κ2) is 8.09. The van der Waals surface area contributed by atoms with E-state index in [4.69, 9.17) is 23.2 Å². The average molecular weight is 442 g/mol. The Morgan fingerprint density at radius 2 is 1.80 bits per heavy atom. The van der Waals surface area contributed by atoms with Crippen molar-refractivity contribution in [3.8, 4) is 0 Å². The summed E-state index contributed by atoms with van der Waals surface area (Å²) >= 11 is 12.4. The third kappa shape index (κ3) is 3.99. The number of carbonyl (C=O) groups excluding carboxylic acids is 1. The van der Waals surface area contributed by atoms with Crippen molar-refractivity contribution in [3.63, 3.8) is 0 Å². The molecular weight excluding hydrogens is 417 g/mol. The van der Waals surface area contributed by atoms with Gasteiger partial charge in [-0.25, -0.2) is 4.98 Å². The quantitative estimate of drug-likeness (QED) is 0.479. The summed E-state index contributed by atoms with van der Waals surface area (Å²) in [6, 6.07) is 13.2. The van der Waals surface area contributed by atoms with Crippen LogP contribution in [0, 0.1) is 0 Å². The van der Waals surface area contributed by atoms with Crippen molar-refractivity contribution < 1.29 is 4.79 Å². The molecule has 0 bridgehead atoms. The molecule has 3 aromatic rings. The molecular formula is C24H25Cl2N3O. The number of rotatable bonds is 2. The Labute approximate surface area is 187 Å². The third-order valence-corrected chi connectivity index (χ3v) is 6.16. The molecule has 156 valence electrons. The number of amides is 1. The largest absolute Gasteiger partial charge is 0.333 e. The summed E-state index contributed by atoms with van der Waals surface area (Å²) in [4.78, 5) is 20.1. The molecule has 2 aromatic carbocycles. The highest BCUT2D eigenvalue weighted by Gasteiger charge is 2.33. The highest BCUT2D eigenvalue weighted by atomic mass is 35.5. The Hall–Kier alpha value is -2.30. The summed E-state index contributed by atoms with van der Waals surface area (Å²) in [5.41, 5.74) is 2.81. The minimum absolute atomic E-state index is 0.0623. The maximum Gasteiger partial charge on any atom is 0.256 e. The molecule has 0 radical (unpaired) electrons. The summed E-state index contributed by atoms with van der Waals surface area (Å²) < 4.78 is 2.14. The zero-order valence-corrected chi connectivity index (χ0v) is 18.9. The Balaban J connectivity index is 1.79. The van der Waals surface area contributed by atoms with Gasteiger partial charge in [-0.2, -0.15) is 0 Å². The van der Waals surface area contributed by atoms with E-state index in [1.54, 1.807) is 24.4 Å². The van der Waals surface area contributed by atoms with Crippen LogP contribution in [-0.2, 0) is 12.0 Å². The Bertz CT molecular complexity index is 1070. The summed E-state index contributed by atoms with van der Waals surface area (Å²) in [6.45, 7) is 8.02. The molecule has 1 aliphatic rings. The van der Waals surface area contributed by atoms with Crippen LogP contribution in [0.4, 0.5) is 0 Å². The van der Waals surface area contributed by atoms with Crippen LogP contribution in [0.5, 0.6) is 0 Å². The van der Waals surface area contributed by atoms with E-state index >= 15 is 0 Å². The maximum absolute atomic E-state index is 13.6. The molecule has 1 atom stereocenters. The second-order valence-corrected chi connectivity index (χ2v) is 9.57. The molecule has 0 saturated carbocycles. The summed E-state index contributed by atoms with van der Waals surface area (Å²) in [5, 5.41) is 0.874. The predicted octanol–water partition coefficient (Wildman–Crippen LogP) is 6.12. The van der Waals surface area contributed by atoms with Crippen LogP contribution in [0.15, 0.2) is 54.9 Å². The highest BCUT2D eigenvalue weighted by Crippen LogP contribution is 2.34. The van der Waals surface area contributed by atoms with Crippen LogP contribution in [0.25, 0.3) is 0 Å². The van der Waals surface area contributed by atoms with Gasteiger partial charge in [0.2, 0.25) is 0 Å². The lowest BCUT2D eigenvalue weighted by Crippen LogP contribution is -2.36. The lowest BCUT2D eigenvalue weighted by Gasteiger charge is -2.31. The molecule has 0 fully saturated rings. The third-order valence-electron chi connectivity index (χ3n) is 5.62. The molecule has 30 heavy (non-hydrogen) atoms. The molecule has 2 heterocycles. The van der Waals surface area contributed by atoms with Gasteiger partial charge < -0.3 is 9.47 Å². The van der Waals surface area contributed by atoms with Gasteiger partial charge >= 0.3 is 0 Å². The second-order valence-electron chi connectivity index (χ2n) is 8.73. The first-order valence-electron chi connectivity index (χ1n) is 10.1. The topological polar surface area (TPSA) is 38.1 Å². The molecule has 1 amide bonds. The molecule has 6 heteroatoms. The molecule has 0 aliphatic carbocycles. The fourth-order valence-electron chi connectivity index (χ4n) is 3.97. The van der Waals surface area contributed by atoms with Gasteiger partial charge in [-0.3, -0.25) is 4.79 Å². The van der Waals surface area contributed by atoms with E-state index in [1.807, 2.05) is 11.1 Å². The summed E-state index contributed by atoms with van der Waals surface area (Å²) in [6.07, 6.45) is 4.63. The van der Waals surface area contributed by atoms with E-state index in [-0.39, 0.29) is 17.4 Å². The van der Waals surface area contributed by atoms with Gasteiger partial charge in [0.25, 0.3) is 5.91 Å². The molecule has 4 rings (SSSR count). The summed E-state index contributed by atoms with van der Waals surface area (Å²) in [7, 11) is 0. The van der Waals surface area contributed by atoms with E-state index in [2.05, 4.69) is 54.6 Å². The van der Waals surface area contributed by atoms with E-state index in [9.17, 15) is 4.79 Å².